The maximum Gasteiger partial charge on any atom is 0.243 e. The Labute approximate surface area is 120 Å². The van der Waals surface area contributed by atoms with Crippen molar-refractivity contribution in [3.8, 4) is 0 Å². The zero-order chi connectivity index (χ0) is 14.8. The molecule has 1 atom stereocenters. The van der Waals surface area contributed by atoms with E-state index in [1.807, 2.05) is 18.2 Å². The molecule has 4 nitrogen and oxygen atoms in total. The maximum atomic E-state index is 6.09. The van der Waals surface area contributed by atoms with Crippen LogP contribution in [0.15, 0.2) is 34.9 Å². The fourth-order valence-corrected chi connectivity index (χ4v) is 2.23. The average molecular weight is 273 g/mol. The summed E-state index contributed by atoms with van der Waals surface area (Å²) in [4.78, 5) is 4.51. The number of nitrogens with zero attached hydrogens (tertiary/aromatic N) is 2. The smallest absolute Gasteiger partial charge is 0.243 e. The lowest BCUT2D eigenvalue weighted by molar-refractivity contribution is 0.329. The lowest BCUT2D eigenvalue weighted by atomic mass is 9.84. The molecule has 0 aliphatic rings. The molecule has 0 saturated heterocycles. The highest BCUT2D eigenvalue weighted by molar-refractivity contribution is 5.30. The minimum atomic E-state index is -0.291. The van der Waals surface area contributed by atoms with Gasteiger partial charge in [0, 0.05) is 0 Å². The van der Waals surface area contributed by atoms with Gasteiger partial charge in [0.05, 0.1) is 11.5 Å². The van der Waals surface area contributed by atoms with Gasteiger partial charge in [-0.05, 0) is 31.7 Å². The molecular formula is C16H23N3O. The van der Waals surface area contributed by atoms with Crippen molar-refractivity contribution in [3.05, 3.63) is 47.6 Å². The third-order valence-corrected chi connectivity index (χ3v) is 3.54. The number of aromatic nitrogens is 2. The van der Waals surface area contributed by atoms with Gasteiger partial charge in [-0.25, -0.2) is 0 Å². The van der Waals surface area contributed by atoms with Crippen LogP contribution in [0.1, 0.15) is 57.4 Å². The quantitative estimate of drug-likeness (QED) is 0.906. The topological polar surface area (TPSA) is 64.9 Å². The second-order valence-corrected chi connectivity index (χ2v) is 6.18. The Morgan fingerprint density at radius 2 is 1.85 bits per heavy atom. The van der Waals surface area contributed by atoms with Crippen molar-refractivity contribution in [1.82, 2.24) is 10.1 Å². The fourth-order valence-electron chi connectivity index (χ4n) is 2.23. The molecule has 2 rings (SSSR count). The van der Waals surface area contributed by atoms with Crippen molar-refractivity contribution >= 4 is 0 Å². The monoisotopic (exact) mass is 273 g/mol. The molecule has 1 unspecified atom stereocenters. The summed E-state index contributed by atoms with van der Waals surface area (Å²) in [6.45, 7) is 8.44. The van der Waals surface area contributed by atoms with Crippen LogP contribution in [0.25, 0.3) is 0 Å². The summed E-state index contributed by atoms with van der Waals surface area (Å²) in [6, 6.07) is 9.99. The number of benzene rings is 1. The summed E-state index contributed by atoms with van der Waals surface area (Å²) in [6.07, 6.45) is 0.841. The van der Waals surface area contributed by atoms with Gasteiger partial charge in [-0.2, -0.15) is 4.98 Å². The largest absolute Gasteiger partial charge is 0.338 e. The van der Waals surface area contributed by atoms with Crippen LogP contribution in [0, 0.1) is 5.92 Å². The SMILES string of the molecule is CC(C)CC(N)c1nc(C(C)(C)c2ccccc2)no1. The molecule has 2 aromatic rings. The van der Waals surface area contributed by atoms with Gasteiger partial charge in [-0.1, -0.05) is 49.3 Å². The van der Waals surface area contributed by atoms with Crippen LogP contribution in [0.4, 0.5) is 0 Å². The first-order chi connectivity index (χ1) is 9.41. The third kappa shape index (κ3) is 3.07. The van der Waals surface area contributed by atoms with E-state index in [-0.39, 0.29) is 11.5 Å². The third-order valence-electron chi connectivity index (χ3n) is 3.54. The molecule has 0 spiro atoms. The van der Waals surface area contributed by atoms with Crippen molar-refractivity contribution in [2.45, 2.75) is 45.6 Å². The van der Waals surface area contributed by atoms with Gasteiger partial charge in [-0.3, -0.25) is 0 Å². The molecule has 1 aromatic heterocycles. The van der Waals surface area contributed by atoms with E-state index in [2.05, 4.69) is 50.0 Å². The zero-order valence-corrected chi connectivity index (χ0v) is 12.6. The van der Waals surface area contributed by atoms with Crippen molar-refractivity contribution in [2.24, 2.45) is 11.7 Å². The molecule has 0 bridgehead atoms. The molecule has 2 N–H and O–H groups in total. The first-order valence-corrected chi connectivity index (χ1v) is 7.06. The number of hydrogen-bond donors (Lipinski definition) is 1. The van der Waals surface area contributed by atoms with E-state index >= 15 is 0 Å². The predicted molar refractivity (Wildman–Crippen MR) is 79.3 cm³/mol. The van der Waals surface area contributed by atoms with E-state index < -0.39 is 0 Å². The molecule has 0 fully saturated rings. The van der Waals surface area contributed by atoms with Crippen LogP contribution in [0.5, 0.6) is 0 Å². The van der Waals surface area contributed by atoms with Crippen molar-refractivity contribution in [1.29, 1.82) is 0 Å². The highest BCUT2D eigenvalue weighted by Crippen LogP contribution is 2.30. The van der Waals surface area contributed by atoms with E-state index in [9.17, 15) is 0 Å². The molecule has 1 heterocycles. The van der Waals surface area contributed by atoms with Gasteiger partial charge in [0.25, 0.3) is 0 Å². The highest BCUT2D eigenvalue weighted by Gasteiger charge is 2.29. The van der Waals surface area contributed by atoms with Crippen LogP contribution < -0.4 is 5.73 Å². The average Bonchev–Trinajstić information content (AvgIpc) is 2.89. The Morgan fingerprint density at radius 1 is 1.20 bits per heavy atom. The summed E-state index contributed by atoms with van der Waals surface area (Å²) in [5, 5.41) is 4.13. The van der Waals surface area contributed by atoms with Gasteiger partial charge >= 0.3 is 0 Å². The summed E-state index contributed by atoms with van der Waals surface area (Å²) in [7, 11) is 0. The molecule has 108 valence electrons. The molecule has 0 saturated carbocycles. The Bertz CT molecular complexity index is 546. The first-order valence-electron chi connectivity index (χ1n) is 7.06. The maximum absolute atomic E-state index is 6.09. The standard InChI is InChI=1S/C16H23N3O/c1-11(2)10-13(17)14-18-15(19-20-14)16(3,4)12-8-6-5-7-9-12/h5-9,11,13H,10,17H2,1-4H3. The molecule has 0 amide bonds. The summed E-state index contributed by atoms with van der Waals surface area (Å²) in [5.41, 5.74) is 6.96. The number of hydrogen-bond acceptors (Lipinski definition) is 4. The van der Waals surface area contributed by atoms with Crippen LogP contribution in [0.3, 0.4) is 0 Å². The summed E-state index contributed by atoms with van der Waals surface area (Å²) in [5.74, 6) is 1.71. The van der Waals surface area contributed by atoms with Crippen molar-refractivity contribution in [3.63, 3.8) is 0 Å². The molecule has 0 aliphatic carbocycles. The first kappa shape index (κ1) is 14.7. The Hall–Kier alpha value is -1.68. The minimum absolute atomic E-state index is 0.192. The van der Waals surface area contributed by atoms with Crippen molar-refractivity contribution in [2.75, 3.05) is 0 Å². The van der Waals surface area contributed by atoms with Crippen LogP contribution in [-0.2, 0) is 5.41 Å². The van der Waals surface area contributed by atoms with E-state index in [0.29, 0.717) is 17.6 Å². The normalized spacial score (nSPS) is 13.7. The fraction of sp³-hybridized carbons (Fsp3) is 0.500. The van der Waals surface area contributed by atoms with Crippen LogP contribution in [0.2, 0.25) is 0 Å². The number of rotatable bonds is 5. The second kappa shape index (κ2) is 5.75. The Morgan fingerprint density at radius 3 is 2.45 bits per heavy atom. The van der Waals surface area contributed by atoms with Gasteiger partial charge in [0.1, 0.15) is 0 Å². The van der Waals surface area contributed by atoms with Gasteiger partial charge < -0.3 is 10.3 Å². The minimum Gasteiger partial charge on any atom is -0.338 e. The van der Waals surface area contributed by atoms with E-state index in [1.54, 1.807) is 0 Å². The van der Waals surface area contributed by atoms with E-state index in [1.165, 1.54) is 0 Å². The van der Waals surface area contributed by atoms with E-state index in [4.69, 9.17) is 10.3 Å². The predicted octanol–water partition coefficient (Wildman–Crippen LogP) is 3.44. The molecule has 1 aromatic carbocycles. The molecule has 0 radical (unpaired) electrons. The van der Waals surface area contributed by atoms with Crippen molar-refractivity contribution < 1.29 is 4.52 Å². The van der Waals surface area contributed by atoms with Crippen LogP contribution in [-0.4, -0.2) is 10.1 Å². The molecular weight excluding hydrogens is 250 g/mol. The zero-order valence-electron chi connectivity index (χ0n) is 12.6. The Balaban J connectivity index is 2.24. The van der Waals surface area contributed by atoms with Crippen LogP contribution >= 0.6 is 0 Å². The van der Waals surface area contributed by atoms with Gasteiger partial charge in [0.2, 0.25) is 5.89 Å². The summed E-state index contributed by atoms with van der Waals surface area (Å²) < 4.78 is 5.35. The lowest BCUT2D eigenvalue weighted by Gasteiger charge is -2.20. The molecule has 20 heavy (non-hydrogen) atoms. The molecule has 0 aliphatic heterocycles. The highest BCUT2D eigenvalue weighted by atomic mass is 16.5. The van der Waals surface area contributed by atoms with Gasteiger partial charge in [0.15, 0.2) is 5.82 Å². The lowest BCUT2D eigenvalue weighted by Crippen LogP contribution is -2.21. The van der Waals surface area contributed by atoms with E-state index in [0.717, 1.165) is 12.0 Å². The summed E-state index contributed by atoms with van der Waals surface area (Å²) >= 11 is 0. The Kier molecular flexibility index (Phi) is 4.23. The molecule has 4 heteroatoms. The number of nitrogens with two attached hydrogens (primary N) is 1. The second-order valence-electron chi connectivity index (χ2n) is 6.18. The van der Waals surface area contributed by atoms with Gasteiger partial charge in [-0.15, -0.1) is 0 Å².